The highest BCUT2D eigenvalue weighted by atomic mass is 16.5. The van der Waals surface area contributed by atoms with Crippen LogP contribution in [0.15, 0.2) is 30.7 Å². The van der Waals surface area contributed by atoms with E-state index in [2.05, 4.69) is 58.2 Å². The fourth-order valence-corrected chi connectivity index (χ4v) is 5.40. The Morgan fingerprint density at radius 2 is 1.97 bits per heavy atom. The summed E-state index contributed by atoms with van der Waals surface area (Å²) in [5.74, 6) is 3.35. The van der Waals surface area contributed by atoms with Gasteiger partial charge in [0.25, 0.3) is 0 Å². The third-order valence-corrected chi connectivity index (χ3v) is 6.85. The van der Waals surface area contributed by atoms with Gasteiger partial charge in [-0.25, -0.2) is 14.6 Å². The van der Waals surface area contributed by atoms with Crippen LogP contribution in [0.3, 0.4) is 0 Å². The van der Waals surface area contributed by atoms with Crippen molar-refractivity contribution in [3.8, 4) is 28.7 Å². The second kappa shape index (κ2) is 6.94. The minimum atomic E-state index is 0.238. The molecule has 0 amide bonds. The van der Waals surface area contributed by atoms with Gasteiger partial charge in [0.15, 0.2) is 5.82 Å². The van der Waals surface area contributed by atoms with Crippen LogP contribution in [0, 0.1) is 0 Å². The molecule has 3 aliphatic rings. The Morgan fingerprint density at radius 1 is 1.13 bits per heavy atom. The van der Waals surface area contributed by atoms with E-state index in [0.717, 1.165) is 35.2 Å². The third-order valence-electron chi connectivity index (χ3n) is 6.85. The van der Waals surface area contributed by atoms with Crippen molar-refractivity contribution in [1.82, 2.24) is 29.6 Å². The highest BCUT2D eigenvalue weighted by Gasteiger charge is 2.34. The molecule has 2 saturated heterocycles. The first-order valence-electron chi connectivity index (χ1n) is 11.2. The SMILES string of the molecule is CC(C)n1ncnc1-c1cn2c(n1)-c1ccc(C3CC4CCC(C3)N4)cc1OCC2. The first-order chi connectivity index (χ1) is 14.7. The number of piperidine rings is 1. The van der Waals surface area contributed by atoms with Crippen LogP contribution in [-0.2, 0) is 6.54 Å². The summed E-state index contributed by atoms with van der Waals surface area (Å²) in [5.41, 5.74) is 3.34. The highest BCUT2D eigenvalue weighted by Crippen LogP contribution is 2.41. The predicted octanol–water partition coefficient (Wildman–Crippen LogP) is 3.78. The number of hydrogen-bond acceptors (Lipinski definition) is 5. The lowest BCUT2D eigenvalue weighted by Gasteiger charge is -2.29. The van der Waals surface area contributed by atoms with E-state index in [1.54, 1.807) is 6.33 Å². The minimum Gasteiger partial charge on any atom is -0.491 e. The first-order valence-corrected chi connectivity index (χ1v) is 11.2. The van der Waals surface area contributed by atoms with Gasteiger partial charge in [-0.1, -0.05) is 6.07 Å². The molecular weight excluding hydrogens is 376 g/mol. The lowest BCUT2D eigenvalue weighted by molar-refractivity contribution is 0.305. The van der Waals surface area contributed by atoms with Crippen molar-refractivity contribution in [2.24, 2.45) is 0 Å². The second-order valence-corrected chi connectivity index (χ2v) is 9.18. The number of imidazole rings is 1. The summed E-state index contributed by atoms with van der Waals surface area (Å²) in [7, 11) is 0. The Balaban J connectivity index is 1.36. The molecule has 0 saturated carbocycles. The van der Waals surface area contributed by atoms with Gasteiger partial charge in [-0.15, -0.1) is 0 Å². The van der Waals surface area contributed by atoms with Crippen molar-refractivity contribution in [1.29, 1.82) is 0 Å². The maximum Gasteiger partial charge on any atom is 0.178 e. The largest absolute Gasteiger partial charge is 0.491 e. The van der Waals surface area contributed by atoms with E-state index in [-0.39, 0.29) is 6.04 Å². The number of ether oxygens (including phenoxy) is 1. The summed E-state index contributed by atoms with van der Waals surface area (Å²) in [6.45, 7) is 5.64. The molecule has 30 heavy (non-hydrogen) atoms. The summed E-state index contributed by atoms with van der Waals surface area (Å²) in [6.07, 6.45) is 8.80. The number of benzene rings is 1. The van der Waals surface area contributed by atoms with E-state index in [1.807, 2.05) is 4.68 Å². The quantitative estimate of drug-likeness (QED) is 0.719. The second-order valence-electron chi connectivity index (χ2n) is 9.18. The fourth-order valence-electron chi connectivity index (χ4n) is 5.40. The van der Waals surface area contributed by atoms with Crippen molar-refractivity contribution >= 4 is 0 Å². The molecule has 3 aliphatic heterocycles. The van der Waals surface area contributed by atoms with Crippen molar-refractivity contribution in [3.05, 3.63) is 36.3 Å². The lowest BCUT2D eigenvalue weighted by atomic mass is 9.86. The van der Waals surface area contributed by atoms with Gasteiger partial charge in [0.05, 0.1) is 12.1 Å². The molecule has 0 radical (unpaired) electrons. The monoisotopic (exact) mass is 404 g/mol. The lowest BCUT2D eigenvalue weighted by Crippen LogP contribution is -2.37. The maximum absolute atomic E-state index is 6.17. The predicted molar refractivity (Wildman–Crippen MR) is 114 cm³/mol. The summed E-state index contributed by atoms with van der Waals surface area (Å²) >= 11 is 0. The summed E-state index contributed by atoms with van der Waals surface area (Å²) in [6, 6.07) is 8.38. The molecule has 1 N–H and O–H groups in total. The standard InChI is InChI=1S/C23H28N6O/c1-14(2)29-23(24-13-25-29)20-12-28-7-8-30-21-11-15(3-6-19(21)22(28)27-20)16-9-17-4-5-18(10-16)26-17/h3,6,11-14,16-18,26H,4-5,7-10H2,1-2H3. The molecule has 1 aromatic carbocycles. The number of nitrogens with zero attached hydrogens (tertiary/aromatic N) is 5. The first kappa shape index (κ1) is 18.1. The molecule has 6 rings (SSSR count). The molecule has 3 aromatic rings. The van der Waals surface area contributed by atoms with E-state index >= 15 is 0 Å². The van der Waals surface area contributed by atoms with Gasteiger partial charge in [-0.2, -0.15) is 5.10 Å². The number of rotatable bonds is 3. The summed E-state index contributed by atoms with van der Waals surface area (Å²) < 4.78 is 10.3. The van der Waals surface area contributed by atoms with Crippen molar-refractivity contribution in [2.75, 3.05) is 6.61 Å². The number of nitrogens with one attached hydrogen (secondary N) is 1. The zero-order valence-electron chi connectivity index (χ0n) is 17.6. The Morgan fingerprint density at radius 3 is 2.77 bits per heavy atom. The van der Waals surface area contributed by atoms with Gasteiger partial charge in [-0.3, -0.25) is 0 Å². The van der Waals surface area contributed by atoms with Crippen LogP contribution in [0.4, 0.5) is 0 Å². The van der Waals surface area contributed by atoms with E-state index in [1.165, 1.54) is 31.2 Å². The zero-order valence-corrected chi connectivity index (χ0v) is 17.6. The Labute approximate surface area is 176 Å². The van der Waals surface area contributed by atoms with Gasteiger partial charge in [0, 0.05) is 24.3 Å². The van der Waals surface area contributed by atoms with Crippen LogP contribution in [0.25, 0.3) is 22.9 Å². The minimum absolute atomic E-state index is 0.238. The van der Waals surface area contributed by atoms with Crippen LogP contribution in [0.2, 0.25) is 0 Å². The maximum atomic E-state index is 6.17. The topological polar surface area (TPSA) is 69.8 Å². The van der Waals surface area contributed by atoms with Crippen LogP contribution in [0.1, 0.15) is 57.1 Å². The summed E-state index contributed by atoms with van der Waals surface area (Å²) in [5, 5.41) is 8.11. The van der Waals surface area contributed by atoms with Crippen LogP contribution in [-0.4, -0.2) is 43.0 Å². The number of fused-ring (bicyclic) bond motifs is 5. The molecule has 0 aliphatic carbocycles. The van der Waals surface area contributed by atoms with Gasteiger partial charge in [0.1, 0.15) is 30.2 Å². The van der Waals surface area contributed by atoms with Crippen molar-refractivity contribution < 1.29 is 4.74 Å². The Hall–Kier alpha value is -2.67. The van der Waals surface area contributed by atoms with Crippen molar-refractivity contribution in [3.63, 3.8) is 0 Å². The molecule has 7 nitrogen and oxygen atoms in total. The Bertz CT molecular complexity index is 1070. The highest BCUT2D eigenvalue weighted by molar-refractivity contribution is 5.69. The smallest absolute Gasteiger partial charge is 0.178 e. The third kappa shape index (κ3) is 2.95. The van der Waals surface area contributed by atoms with Gasteiger partial charge < -0.3 is 14.6 Å². The van der Waals surface area contributed by atoms with Crippen LogP contribution in [0.5, 0.6) is 5.75 Å². The molecule has 2 bridgehead atoms. The average Bonchev–Trinajstić information content (AvgIpc) is 3.44. The van der Waals surface area contributed by atoms with E-state index in [4.69, 9.17) is 9.72 Å². The molecule has 7 heteroatoms. The van der Waals surface area contributed by atoms with Gasteiger partial charge >= 0.3 is 0 Å². The molecule has 2 unspecified atom stereocenters. The molecule has 156 valence electrons. The molecule has 5 heterocycles. The normalized spacial score (nSPS) is 25.0. The van der Waals surface area contributed by atoms with Crippen molar-refractivity contribution in [2.45, 2.75) is 70.1 Å². The number of aromatic nitrogens is 5. The molecule has 2 fully saturated rings. The zero-order chi connectivity index (χ0) is 20.2. The molecule has 0 spiro atoms. The summed E-state index contributed by atoms with van der Waals surface area (Å²) in [4.78, 5) is 9.43. The van der Waals surface area contributed by atoms with Gasteiger partial charge in [-0.05, 0) is 63.1 Å². The average molecular weight is 405 g/mol. The Kier molecular flexibility index (Phi) is 4.19. The van der Waals surface area contributed by atoms with Crippen LogP contribution < -0.4 is 10.1 Å². The number of hydrogen-bond donors (Lipinski definition) is 1. The van der Waals surface area contributed by atoms with Crippen LogP contribution >= 0.6 is 0 Å². The van der Waals surface area contributed by atoms with Gasteiger partial charge in [0.2, 0.25) is 0 Å². The molecule has 2 aromatic heterocycles. The van der Waals surface area contributed by atoms with E-state index < -0.39 is 0 Å². The molecule has 2 atom stereocenters. The fraction of sp³-hybridized carbons (Fsp3) is 0.522. The molecular formula is C23H28N6O. The van der Waals surface area contributed by atoms with E-state index in [0.29, 0.717) is 24.6 Å². The van der Waals surface area contributed by atoms with E-state index in [9.17, 15) is 0 Å².